The highest BCUT2D eigenvalue weighted by atomic mass is 32.2. The number of thioether (sulfide) groups is 2. The van der Waals surface area contributed by atoms with Gasteiger partial charge in [0.05, 0.1) is 0 Å². The van der Waals surface area contributed by atoms with Crippen LogP contribution in [-0.2, 0) is 4.79 Å². The third-order valence-electron chi connectivity index (χ3n) is 2.14. The number of hydrogen-bond donors (Lipinski definition) is 1. The van der Waals surface area contributed by atoms with E-state index in [4.69, 9.17) is 0 Å². The van der Waals surface area contributed by atoms with Crippen molar-refractivity contribution in [2.75, 3.05) is 11.5 Å². The van der Waals surface area contributed by atoms with E-state index in [1.807, 2.05) is 6.07 Å². The molecule has 2 nitrogen and oxygen atoms in total. The Morgan fingerprint density at radius 1 is 1.29 bits per heavy atom. The summed E-state index contributed by atoms with van der Waals surface area (Å²) in [5.41, 5.74) is 0.823. The van der Waals surface area contributed by atoms with Gasteiger partial charge in [0.15, 0.2) is 5.78 Å². The molecule has 88 valence electrons. The topological polar surface area (TPSA) is 37.3 Å². The lowest BCUT2D eigenvalue weighted by molar-refractivity contribution is -0.110. The number of ketones is 1. The minimum atomic E-state index is -0.00903. The molecule has 17 heavy (non-hydrogen) atoms. The summed E-state index contributed by atoms with van der Waals surface area (Å²) in [6, 6.07) is 6.82. The quantitative estimate of drug-likeness (QED) is 0.850. The molecule has 1 aliphatic heterocycles. The average molecular weight is 264 g/mol. The Bertz CT molecular complexity index is 470. The number of carbonyl (C=O) groups excluding carboxylic acids is 1. The number of allylic oxidation sites excluding steroid dienone is 2. The molecule has 0 aliphatic carbocycles. The van der Waals surface area contributed by atoms with Crippen molar-refractivity contribution in [1.29, 1.82) is 0 Å². The van der Waals surface area contributed by atoms with Crippen LogP contribution in [0.5, 0.6) is 5.75 Å². The van der Waals surface area contributed by atoms with Gasteiger partial charge in [-0.1, -0.05) is 18.2 Å². The lowest BCUT2D eigenvalue weighted by atomic mass is 10.2. The Kier molecular flexibility index (Phi) is 4.34. The van der Waals surface area contributed by atoms with Crippen molar-refractivity contribution in [1.82, 2.24) is 0 Å². The van der Waals surface area contributed by atoms with Gasteiger partial charge in [-0.25, -0.2) is 0 Å². The summed E-state index contributed by atoms with van der Waals surface area (Å²) in [4.78, 5) is 11.6. The highest BCUT2D eigenvalue weighted by Gasteiger charge is 2.08. The molecule has 0 spiro atoms. The van der Waals surface area contributed by atoms with Crippen molar-refractivity contribution in [3.8, 4) is 5.75 Å². The van der Waals surface area contributed by atoms with Gasteiger partial charge in [0.2, 0.25) is 0 Å². The Morgan fingerprint density at radius 2 is 2.06 bits per heavy atom. The molecular weight excluding hydrogens is 252 g/mol. The van der Waals surface area contributed by atoms with Crippen LogP contribution in [0.1, 0.15) is 5.56 Å². The number of hydrogen-bond acceptors (Lipinski definition) is 4. The van der Waals surface area contributed by atoms with Gasteiger partial charge < -0.3 is 5.11 Å². The second-order valence-corrected chi connectivity index (χ2v) is 6.02. The SMILES string of the molecule is O=C(C=C1SCCS1)/C=C/c1cccc(O)c1. The molecule has 2 rings (SSSR count). The van der Waals surface area contributed by atoms with Crippen molar-refractivity contribution in [2.24, 2.45) is 0 Å². The fourth-order valence-electron chi connectivity index (χ4n) is 1.38. The van der Waals surface area contributed by atoms with Gasteiger partial charge in [-0.2, -0.15) is 0 Å². The zero-order valence-corrected chi connectivity index (χ0v) is 10.8. The van der Waals surface area contributed by atoms with E-state index in [1.54, 1.807) is 53.9 Å². The van der Waals surface area contributed by atoms with Gasteiger partial charge >= 0.3 is 0 Å². The molecule has 0 aromatic heterocycles. The largest absolute Gasteiger partial charge is 0.508 e. The van der Waals surface area contributed by atoms with E-state index in [-0.39, 0.29) is 11.5 Å². The van der Waals surface area contributed by atoms with Gasteiger partial charge in [-0.3, -0.25) is 4.79 Å². The van der Waals surface area contributed by atoms with Crippen molar-refractivity contribution < 1.29 is 9.90 Å². The molecule has 0 amide bonds. The van der Waals surface area contributed by atoms with E-state index in [2.05, 4.69) is 0 Å². The minimum absolute atomic E-state index is 0.00903. The van der Waals surface area contributed by atoms with E-state index in [0.717, 1.165) is 21.3 Å². The maximum atomic E-state index is 11.6. The van der Waals surface area contributed by atoms with E-state index >= 15 is 0 Å². The smallest absolute Gasteiger partial charge is 0.180 e. The van der Waals surface area contributed by atoms with Gasteiger partial charge in [-0.05, 0) is 23.8 Å². The molecular formula is C13H12O2S2. The first kappa shape index (κ1) is 12.3. The summed E-state index contributed by atoms with van der Waals surface area (Å²) in [5.74, 6) is 2.37. The second kappa shape index (κ2) is 5.98. The minimum Gasteiger partial charge on any atom is -0.508 e. The highest BCUT2D eigenvalue weighted by molar-refractivity contribution is 8.25. The third-order valence-corrected chi connectivity index (χ3v) is 4.73. The zero-order chi connectivity index (χ0) is 12.1. The lowest BCUT2D eigenvalue weighted by Crippen LogP contribution is -1.85. The van der Waals surface area contributed by atoms with E-state index < -0.39 is 0 Å². The number of carbonyl (C=O) groups is 1. The van der Waals surface area contributed by atoms with Crippen LogP contribution in [0.25, 0.3) is 6.08 Å². The van der Waals surface area contributed by atoms with Crippen LogP contribution in [0.2, 0.25) is 0 Å². The molecule has 4 heteroatoms. The van der Waals surface area contributed by atoms with Gasteiger partial charge in [0.1, 0.15) is 5.75 Å². The molecule has 1 aromatic rings. The van der Waals surface area contributed by atoms with E-state index in [9.17, 15) is 9.90 Å². The maximum absolute atomic E-state index is 11.6. The first-order valence-corrected chi connectivity index (χ1v) is 7.19. The first-order chi connectivity index (χ1) is 8.24. The standard InChI is InChI=1S/C13H12O2S2/c14-11-3-1-2-10(8-11)4-5-12(15)9-13-16-6-7-17-13/h1-5,8-9,14H,6-7H2/b5-4+. The van der Waals surface area contributed by atoms with Crippen molar-refractivity contribution in [3.63, 3.8) is 0 Å². The van der Waals surface area contributed by atoms with Gasteiger partial charge in [0.25, 0.3) is 0 Å². The predicted molar refractivity (Wildman–Crippen MR) is 75.1 cm³/mol. The highest BCUT2D eigenvalue weighted by Crippen LogP contribution is 2.35. The van der Waals surface area contributed by atoms with E-state index in [1.165, 1.54) is 6.08 Å². The number of phenols is 1. The third kappa shape index (κ3) is 3.98. The summed E-state index contributed by atoms with van der Waals surface area (Å²) >= 11 is 3.45. The Labute approximate surface area is 109 Å². The predicted octanol–water partition coefficient (Wildman–Crippen LogP) is 3.30. The number of benzene rings is 1. The molecule has 1 heterocycles. The van der Waals surface area contributed by atoms with Crippen molar-refractivity contribution in [3.05, 3.63) is 46.2 Å². The lowest BCUT2D eigenvalue weighted by Gasteiger charge is -1.94. The summed E-state index contributed by atoms with van der Waals surface area (Å²) in [5, 5.41) is 9.27. The molecule has 1 saturated heterocycles. The number of rotatable bonds is 3. The summed E-state index contributed by atoms with van der Waals surface area (Å²) in [6.07, 6.45) is 4.91. The monoisotopic (exact) mass is 264 g/mol. The Morgan fingerprint density at radius 3 is 2.76 bits per heavy atom. The van der Waals surface area contributed by atoms with Gasteiger partial charge in [-0.15, -0.1) is 23.5 Å². The fraction of sp³-hybridized carbons (Fsp3) is 0.154. The van der Waals surface area contributed by atoms with Gasteiger partial charge in [0, 0.05) is 21.8 Å². The van der Waals surface area contributed by atoms with E-state index in [0.29, 0.717) is 0 Å². The number of aromatic hydroxyl groups is 1. The van der Waals surface area contributed by atoms with Crippen LogP contribution in [0.4, 0.5) is 0 Å². The maximum Gasteiger partial charge on any atom is 0.180 e. The molecule has 1 aliphatic rings. The van der Waals surface area contributed by atoms with Crippen LogP contribution in [-0.4, -0.2) is 22.4 Å². The molecule has 1 N–H and O–H groups in total. The van der Waals surface area contributed by atoms with Crippen LogP contribution in [0, 0.1) is 0 Å². The molecule has 0 saturated carbocycles. The molecule has 0 bridgehead atoms. The first-order valence-electron chi connectivity index (χ1n) is 5.22. The molecule has 0 radical (unpaired) electrons. The molecule has 1 aromatic carbocycles. The number of phenolic OH excluding ortho intramolecular Hbond substituents is 1. The van der Waals surface area contributed by atoms with Crippen LogP contribution >= 0.6 is 23.5 Å². The Balaban J connectivity index is 2.00. The zero-order valence-electron chi connectivity index (χ0n) is 9.13. The normalized spacial score (nSPS) is 15.4. The van der Waals surface area contributed by atoms with Crippen LogP contribution in [0.15, 0.2) is 40.7 Å². The average Bonchev–Trinajstić information content (AvgIpc) is 2.79. The fourth-order valence-corrected chi connectivity index (χ4v) is 3.68. The summed E-state index contributed by atoms with van der Waals surface area (Å²) < 4.78 is 1.09. The molecule has 0 unspecified atom stereocenters. The van der Waals surface area contributed by atoms with Crippen LogP contribution < -0.4 is 0 Å². The van der Waals surface area contributed by atoms with Crippen molar-refractivity contribution in [2.45, 2.75) is 0 Å². The summed E-state index contributed by atoms with van der Waals surface area (Å²) in [7, 11) is 0. The van der Waals surface area contributed by atoms with Crippen molar-refractivity contribution >= 4 is 35.4 Å². The molecule has 1 fully saturated rings. The Hall–Kier alpha value is -1.13. The molecule has 0 atom stereocenters. The van der Waals surface area contributed by atoms with Crippen LogP contribution in [0.3, 0.4) is 0 Å². The summed E-state index contributed by atoms with van der Waals surface area (Å²) in [6.45, 7) is 0. The second-order valence-electron chi connectivity index (χ2n) is 3.49.